The molecule has 1 aromatic rings. The van der Waals surface area contributed by atoms with Crippen molar-refractivity contribution in [2.75, 3.05) is 45.8 Å². The highest BCUT2D eigenvalue weighted by Gasteiger charge is 2.21. The van der Waals surface area contributed by atoms with Crippen molar-refractivity contribution in [3.05, 3.63) is 18.2 Å². The first-order valence-electron chi connectivity index (χ1n) is 7.54. The van der Waals surface area contributed by atoms with Crippen molar-refractivity contribution in [2.45, 2.75) is 19.4 Å². The maximum atomic E-state index is 4.31. The molecule has 0 bridgehead atoms. The molecule has 0 spiro atoms. The molecule has 2 aliphatic heterocycles. The number of imidazole rings is 1. The van der Waals surface area contributed by atoms with Gasteiger partial charge in [-0.3, -0.25) is 4.90 Å². The lowest BCUT2D eigenvalue weighted by molar-refractivity contribution is 0.105. The van der Waals surface area contributed by atoms with Crippen LogP contribution in [0, 0.1) is 5.92 Å². The Morgan fingerprint density at radius 3 is 2.45 bits per heavy atom. The summed E-state index contributed by atoms with van der Waals surface area (Å²) in [5.41, 5.74) is 0. The number of piperidine rings is 1. The highest BCUT2D eigenvalue weighted by atomic mass is 35.5. The van der Waals surface area contributed by atoms with Crippen molar-refractivity contribution in [3.8, 4) is 0 Å². The average molecular weight is 300 g/mol. The standard InChI is InChI=1S/C14H25N5.ClH/c1-3-15-4-2-13(1)11-18-7-9-19(10-8-18)12-14-16-5-6-17-14;/h5-6,13,15H,1-4,7-12H2,(H,16,17);1H. The van der Waals surface area contributed by atoms with Crippen LogP contribution in [-0.2, 0) is 6.54 Å². The van der Waals surface area contributed by atoms with Crippen molar-refractivity contribution in [1.82, 2.24) is 25.1 Å². The van der Waals surface area contributed by atoms with Gasteiger partial charge in [-0.05, 0) is 31.8 Å². The normalized spacial score (nSPS) is 22.6. The van der Waals surface area contributed by atoms with Crippen molar-refractivity contribution in [3.63, 3.8) is 0 Å². The largest absolute Gasteiger partial charge is 0.348 e. The van der Waals surface area contributed by atoms with Gasteiger partial charge >= 0.3 is 0 Å². The molecule has 1 aromatic heterocycles. The highest BCUT2D eigenvalue weighted by Crippen LogP contribution is 2.15. The molecule has 0 saturated carbocycles. The molecule has 0 atom stereocenters. The summed E-state index contributed by atoms with van der Waals surface area (Å²) in [7, 11) is 0. The lowest BCUT2D eigenvalue weighted by Gasteiger charge is -2.37. The molecule has 2 fully saturated rings. The van der Waals surface area contributed by atoms with Gasteiger partial charge in [0, 0.05) is 45.1 Å². The van der Waals surface area contributed by atoms with Gasteiger partial charge in [-0.2, -0.15) is 0 Å². The van der Waals surface area contributed by atoms with E-state index in [4.69, 9.17) is 0 Å². The van der Waals surface area contributed by atoms with Crippen LogP contribution in [0.3, 0.4) is 0 Å². The molecule has 114 valence electrons. The minimum Gasteiger partial charge on any atom is -0.348 e. The smallest absolute Gasteiger partial charge is 0.120 e. The summed E-state index contributed by atoms with van der Waals surface area (Å²) < 4.78 is 0. The Bertz CT molecular complexity index is 356. The summed E-state index contributed by atoms with van der Waals surface area (Å²) in [5.74, 6) is 2.00. The van der Waals surface area contributed by atoms with Crippen LogP contribution in [0.5, 0.6) is 0 Å². The number of hydrogen-bond acceptors (Lipinski definition) is 4. The number of nitrogens with one attached hydrogen (secondary N) is 2. The zero-order valence-corrected chi connectivity index (χ0v) is 12.9. The Morgan fingerprint density at radius 1 is 1.10 bits per heavy atom. The van der Waals surface area contributed by atoms with Gasteiger partial charge in [0.2, 0.25) is 0 Å². The zero-order valence-electron chi connectivity index (χ0n) is 12.1. The molecule has 2 saturated heterocycles. The second kappa shape index (κ2) is 7.98. The summed E-state index contributed by atoms with van der Waals surface area (Å²) in [6, 6.07) is 0. The van der Waals surface area contributed by atoms with E-state index in [1.807, 2.05) is 12.4 Å². The van der Waals surface area contributed by atoms with Crippen molar-refractivity contribution < 1.29 is 0 Å². The minimum absolute atomic E-state index is 0. The zero-order chi connectivity index (χ0) is 12.9. The monoisotopic (exact) mass is 299 g/mol. The van der Waals surface area contributed by atoms with E-state index < -0.39 is 0 Å². The fourth-order valence-corrected chi connectivity index (χ4v) is 3.16. The first-order chi connectivity index (χ1) is 9.40. The van der Waals surface area contributed by atoms with E-state index >= 15 is 0 Å². The number of aromatic amines is 1. The molecule has 2 aliphatic rings. The van der Waals surface area contributed by atoms with Gasteiger partial charge in [0.1, 0.15) is 5.82 Å². The molecule has 20 heavy (non-hydrogen) atoms. The third kappa shape index (κ3) is 4.45. The molecule has 5 nitrogen and oxygen atoms in total. The van der Waals surface area contributed by atoms with Crippen LogP contribution in [0.15, 0.2) is 12.4 Å². The van der Waals surface area contributed by atoms with Gasteiger partial charge in [-0.25, -0.2) is 4.98 Å². The molecule has 0 radical (unpaired) electrons. The molecule has 0 unspecified atom stereocenters. The van der Waals surface area contributed by atoms with E-state index in [0.717, 1.165) is 18.3 Å². The van der Waals surface area contributed by atoms with Crippen molar-refractivity contribution in [2.24, 2.45) is 5.92 Å². The minimum atomic E-state index is 0. The molecule has 6 heteroatoms. The molecular formula is C14H26ClN5. The Labute approximate surface area is 127 Å². The lowest BCUT2D eigenvalue weighted by Crippen LogP contribution is -2.48. The number of piperazine rings is 1. The molecule has 3 heterocycles. The second-order valence-electron chi connectivity index (χ2n) is 5.81. The summed E-state index contributed by atoms with van der Waals surface area (Å²) in [5, 5.41) is 3.45. The van der Waals surface area contributed by atoms with Gasteiger partial charge in [-0.1, -0.05) is 0 Å². The number of H-pyrrole nitrogens is 1. The quantitative estimate of drug-likeness (QED) is 0.869. The van der Waals surface area contributed by atoms with Crippen LogP contribution >= 0.6 is 12.4 Å². The van der Waals surface area contributed by atoms with E-state index in [0.29, 0.717) is 0 Å². The third-order valence-corrected chi connectivity index (χ3v) is 4.37. The SMILES string of the molecule is Cl.c1c[nH]c(CN2CCN(CC3CCNCC3)CC2)n1. The fraction of sp³-hybridized carbons (Fsp3) is 0.786. The molecule has 0 aromatic carbocycles. The van der Waals surface area contributed by atoms with Crippen LogP contribution in [0.2, 0.25) is 0 Å². The van der Waals surface area contributed by atoms with Gasteiger partial charge < -0.3 is 15.2 Å². The Balaban J connectivity index is 0.00000147. The summed E-state index contributed by atoms with van der Waals surface area (Å²) in [6.07, 6.45) is 6.45. The van der Waals surface area contributed by atoms with Crippen molar-refractivity contribution >= 4 is 12.4 Å². The number of nitrogens with zero attached hydrogens (tertiary/aromatic N) is 3. The van der Waals surface area contributed by atoms with E-state index in [2.05, 4.69) is 25.1 Å². The summed E-state index contributed by atoms with van der Waals surface area (Å²) in [6.45, 7) is 9.46. The van der Waals surface area contributed by atoms with E-state index in [1.54, 1.807) is 0 Å². The van der Waals surface area contributed by atoms with E-state index in [1.165, 1.54) is 58.7 Å². The molecule has 0 amide bonds. The maximum absolute atomic E-state index is 4.31. The van der Waals surface area contributed by atoms with Crippen LogP contribution in [0.1, 0.15) is 18.7 Å². The van der Waals surface area contributed by atoms with Gasteiger partial charge in [0.05, 0.1) is 6.54 Å². The van der Waals surface area contributed by atoms with Crippen LogP contribution < -0.4 is 5.32 Å². The van der Waals surface area contributed by atoms with Gasteiger partial charge in [-0.15, -0.1) is 12.4 Å². The first kappa shape index (κ1) is 15.8. The van der Waals surface area contributed by atoms with E-state index in [-0.39, 0.29) is 12.4 Å². The Kier molecular flexibility index (Phi) is 6.29. The summed E-state index contributed by atoms with van der Waals surface area (Å²) >= 11 is 0. The maximum Gasteiger partial charge on any atom is 0.120 e. The molecular weight excluding hydrogens is 274 g/mol. The lowest BCUT2D eigenvalue weighted by atomic mass is 9.97. The van der Waals surface area contributed by atoms with Crippen LogP contribution in [0.4, 0.5) is 0 Å². The summed E-state index contributed by atoms with van der Waals surface area (Å²) in [4.78, 5) is 12.6. The predicted molar refractivity (Wildman–Crippen MR) is 83.1 cm³/mol. The number of halogens is 1. The fourth-order valence-electron chi connectivity index (χ4n) is 3.16. The predicted octanol–water partition coefficient (Wildman–Crippen LogP) is 0.949. The average Bonchev–Trinajstić information content (AvgIpc) is 2.95. The van der Waals surface area contributed by atoms with Crippen LogP contribution in [0.25, 0.3) is 0 Å². The van der Waals surface area contributed by atoms with Crippen LogP contribution in [-0.4, -0.2) is 65.6 Å². The van der Waals surface area contributed by atoms with E-state index in [9.17, 15) is 0 Å². The second-order valence-corrected chi connectivity index (χ2v) is 5.81. The Morgan fingerprint density at radius 2 is 1.80 bits per heavy atom. The molecule has 0 aliphatic carbocycles. The number of hydrogen-bond donors (Lipinski definition) is 2. The number of aromatic nitrogens is 2. The van der Waals surface area contributed by atoms with Gasteiger partial charge in [0.15, 0.2) is 0 Å². The molecule has 2 N–H and O–H groups in total. The topological polar surface area (TPSA) is 47.2 Å². The third-order valence-electron chi connectivity index (χ3n) is 4.37. The first-order valence-corrected chi connectivity index (χ1v) is 7.54. The Hall–Kier alpha value is -0.620. The highest BCUT2D eigenvalue weighted by molar-refractivity contribution is 5.85. The van der Waals surface area contributed by atoms with Crippen molar-refractivity contribution in [1.29, 1.82) is 0 Å². The number of rotatable bonds is 4. The molecule has 3 rings (SSSR count). The van der Waals surface area contributed by atoms with Gasteiger partial charge in [0.25, 0.3) is 0 Å².